The van der Waals surface area contributed by atoms with Gasteiger partial charge in [-0.25, -0.2) is 4.79 Å². The van der Waals surface area contributed by atoms with Crippen molar-refractivity contribution in [3.8, 4) is 5.75 Å². The zero-order valence-electron chi connectivity index (χ0n) is 10.9. The summed E-state index contributed by atoms with van der Waals surface area (Å²) in [6, 6.07) is 6.74. The molecule has 98 valence electrons. The summed E-state index contributed by atoms with van der Waals surface area (Å²) < 4.78 is 5.10. The smallest absolute Gasteiger partial charge is 0.328 e. The standard InChI is InChI=1S/C14H20N2O2/c1-4-10-16(5-2)12-6-8-13(9-7-12)18-14(17)11(3)15/h4,6-9,11H,1,5,10,15H2,2-3H3/t11-/m0/s1. The number of likely N-dealkylation sites (N-methyl/N-ethyl adjacent to an activating group) is 1. The monoisotopic (exact) mass is 248 g/mol. The summed E-state index contributed by atoms with van der Waals surface area (Å²) in [7, 11) is 0. The van der Waals surface area contributed by atoms with Crippen LogP contribution in [0.2, 0.25) is 0 Å². The fourth-order valence-corrected chi connectivity index (χ4v) is 1.51. The maximum absolute atomic E-state index is 11.3. The summed E-state index contributed by atoms with van der Waals surface area (Å²) in [6.45, 7) is 9.08. The summed E-state index contributed by atoms with van der Waals surface area (Å²) >= 11 is 0. The number of carbonyl (C=O) groups excluding carboxylic acids is 1. The Balaban J connectivity index is 2.73. The Bertz CT molecular complexity index is 399. The fourth-order valence-electron chi connectivity index (χ4n) is 1.51. The molecule has 0 radical (unpaired) electrons. The molecule has 0 saturated carbocycles. The van der Waals surface area contributed by atoms with Gasteiger partial charge in [-0.2, -0.15) is 0 Å². The number of rotatable bonds is 6. The number of anilines is 1. The van der Waals surface area contributed by atoms with E-state index in [1.54, 1.807) is 19.1 Å². The molecule has 1 aromatic carbocycles. The molecule has 0 aromatic heterocycles. The van der Waals surface area contributed by atoms with Crippen molar-refractivity contribution in [1.29, 1.82) is 0 Å². The Labute approximate surface area is 108 Å². The van der Waals surface area contributed by atoms with E-state index >= 15 is 0 Å². The van der Waals surface area contributed by atoms with E-state index in [1.807, 2.05) is 18.2 Å². The Morgan fingerprint density at radius 2 is 2.11 bits per heavy atom. The number of ether oxygens (including phenoxy) is 1. The van der Waals surface area contributed by atoms with Gasteiger partial charge in [0, 0.05) is 18.8 Å². The summed E-state index contributed by atoms with van der Waals surface area (Å²) in [5.41, 5.74) is 6.50. The van der Waals surface area contributed by atoms with Crippen LogP contribution in [0.15, 0.2) is 36.9 Å². The lowest BCUT2D eigenvalue weighted by Gasteiger charge is -2.21. The van der Waals surface area contributed by atoms with Gasteiger partial charge in [-0.1, -0.05) is 6.08 Å². The summed E-state index contributed by atoms with van der Waals surface area (Å²) in [6.07, 6.45) is 1.85. The highest BCUT2D eigenvalue weighted by molar-refractivity contribution is 5.77. The number of nitrogens with zero attached hydrogens (tertiary/aromatic N) is 1. The minimum absolute atomic E-state index is 0.429. The molecule has 0 bridgehead atoms. The lowest BCUT2D eigenvalue weighted by molar-refractivity contribution is -0.135. The van der Waals surface area contributed by atoms with E-state index in [-0.39, 0.29) is 0 Å². The van der Waals surface area contributed by atoms with E-state index < -0.39 is 12.0 Å². The largest absolute Gasteiger partial charge is 0.425 e. The molecule has 0 aliphatic carbocycles. The first-order chi connectivity index (χ1) is 8.58. The van der Waals surface area contributed by atoms with Crippen LogP contribution >= 0.6 is 0 Å². The van der Waals surface area contributed by atoms with Crippen LogP contribution in [0.3, 0.4) is 0 Å². The summed E-state index contributed by atoms with van der Waals surface area (Å²) in [5, 5.41) is 0. The Hall–Kier alpha value is -1.81. The van der Waals surface area contributed by atoms with E-state index in [9.17, 15) is 4.79 Å². The SMILES string of the molecule is C=CCN(CC)c1ccc(OC(=O)[C@H](C)N)cc1. The third kappa shape index (κ3) is 3.89. The predicted octanol–water partition coefficient (Wildman–Crippen LogP) is 1.95. The third-order valence-corrected chi connectivity index (χ3v) is 2.52. The Morgan fingerprint density at radius 3 is 2.56 bits per heavy atom. The van der Waals surface area contributed by atoms with Gasteiger partial charge in [0.25, 0.3) is 0 Å². The molecule has 0 aliphatic heterocycles. The van der Waals surface area contributed by atoms with Crippen molar-refractivity contribution in [2.75, 3.05) is 18.0 Å². The van der Waals surface area contributed by atoms with Crippen molar-refractivity contribution >= 4 is 11.7 Å². The van der Waals surface area contributed by atoms with Gasteiger partial charge in [-0.15, -0.1) is 6.58 Å². The van der Waals surface area contributed by atoms with Crippen LogP contribution in [0.25, 0.3) is 0 Å². The van der Waals surface area contributed by atoms with Crippen molar-refractivity contribution < 1.29 is 9.53 Å². The predicted molar refractivity (Wildman–Crippen MR) is 73.8 cm³/mol. The molecule has 0 amide bonds. The van der Waals surface area contributed by atoms with Gasteiger partial charge in [0.05, 0.1) is 0 Å². The van der Waals surface area contributed by atoms with E-state index in [4.69, 9.17) is 10.5 Å². The number of esters is 1. The van der Waals surface area contributed by atoms with E-state index in [1.165, 1.54) is 0 Å². The molecule has 0 heterocycles. The molecule has 4 heteroatoms. The maximum Gasteiger partial charge on any atom is 0.328 e. The van der Waals surface area contributed by atoms with Crippen LogP contribution in [-0.4, -0.2) is 25.1 Å². The average Bonchev–Trinajstić information content (AvgIpc) is 2.37. The second-order valence-corrected chi connectivity index (χ2v) is 4.03. The van der Waals surface area contributed by atoms with Gasteiger partial charge < -0.3 is 15.4 Å². The molecule has 4 nitrogen and oxygen atoms in total. The minimum Gasteiger partial charge on any atom is -0.425 e. The maximum atomic E-state index is 11.3. The van der Waals surface area contributed by atoms with E-state index in [0.717, 1.165) is 18.8 Å². The van der Waals surface area contributed by atoms with Gasteiger partial charge in [-0.05, 0) is 38.1 Å². The highest BCUT2D eigenvalue weighted by Crippen LogP contribution is 2.19. The first-order valence-electron chi connectivity index (χ1n) is 6.01. The number of nitrogens with two attached hydrogens (primary N) is 1. The molecule has 1 aromatic rings. The summed E-state index contributed by atoms with van der Waals surface area (Å²) in [5.74, 6) is 0.0805. The minimum atomic E-state index is -0.613. The number of hydrogen-bond donors (Lipinski definition) is 1. The summed E-state index contributed by atoms with van der Waals surface area (Å²) in [4.78, 5) is 13.5. The Kier molecular flexibility index (Phi) is 5.39. The zero-order chi connectivity index (χ0) is 13.5. The van der Waals surface area contributed by atoms with Gasteiger partial charge in [0.15, 0.2) is 0 Å². The lowest BCUT2D eigenvalue weighted by atomic mass is 10.2. The number of hydrogen-bond acceptors (Lipinski definition) is 4. The molecule has 0 fully saturated rings. The van der Waals surface area contributed by atoms with Gasteiger partial charge in [0.2, 0.25) is 0 Å². The fraction of sp³-hybridized carbons (Fsp3) is 0.357. The van der Waals surface area contributed by atoms with Gasteiger partial charge in [0.1, 0.15) is 11.8 Å². The van der Waals surface area contributed by atoms with Crippen LogP contribution in [0.5, 0.6) is 5.75 Å². The van der Waals surface area contributed by atoms with Crippen LogP contribution in [0.1, 0.15) is 13.8 Å². The van der Waals surface area contributed by atoms with Crippen molar-refractivity contribution in [1.82, 2.24) is 0 Å². The lowest BCUT2D eigenvalue weighted by Crippen LogP contribution is -2.30. The highest BCUT2D eigenvalue weighted by Gasteiger charge is 2.10. The Morgan fingerprint density at radius 1 is 1.50 bits per heavy atom. The molecular formula is C14H20N2O2. The van der Waals surface area contributed by atoms with Gasteiger partial charge >= 0.3 is 5.97 Å². The molecule has 1 rings (SSSR count). The van der Waals surface area contributed by atoms with Crippen molar-refractivity contribution in [2.24, 2.45) is 5.73 Å². The van der Waals surface area contributed by atoms with Crippen LogP contribution in [-0.2, 0) is 4.79 Å². The zero-order valence-corrected chi connectivity index (χ0v) is 10.9. The number of benzene rings is 1. The van der Waals surface area contributed by atoms with Crippen molar-refractivity contribution in [2.45, 2.75) is 19.9 Å². The molecule has 0 aliphatic rings. The van der Waals surface area contributed by atoms with Crippen molar-refractivity contribution in [3.05, 3.63) is 36.9 Å². The first kappa shape index (κ1) is 14.3. The van der Waals surface area contributed by atoms with E-state index in [0.29, 0.717) is 5.75 Å². The van der Waals surface area contributed by atoms with Crippen LogP contribution in [0.4, 0.5) is 5.69 Å². The molecule has 2 N–H and O–H groups in total. The van der Waals surface area contributed by atoms with Crippen molar-refractivity contribution in [3.63, 3.8) is 0 Å². The third-order valence-electron chi connectivity index (χ3n) is 2.52. The molecule has 18 heavy (non-hydrogen) atoms. The topological polar surface area (TPSA) is 55.6 Å². The average molecular weight is 248 g/mol. The van der Waals surface area contributed by atoms with Crippen LogP contribution in [0, 0.1) is 0 Å². The first-order valence-corrected chi connectivity index (χ1v) is 6.01. The second-order valence-electron chi connectivity index (χ2n) is 4.03. The molecule has 1 atom stereocenters. The molecule has 0 spiro atoms. The second kappa shape index (κ2) is 6.81. The highest BCUT2D eigenvalue weighted by atomic mass is 16.5. The normalized spacial score (nSPS) is 11.7. The quantitative estimate of drug-likeness (QED) is 0.475. The number of carbonyl (C=O) groups is 1. The molecular weight excluding hydrogens is 228 g/mol. The molecule has 0 saturated heterocycles. The molecule has 0 unspecified atom stereocenters. The van der Waals surface area contributed by atoms with Crippen LogP contribution < -0.4 is 15.4 Å². The van der Waals surface area contributed by atoms with Gasteiger partial charge in [-0.3, -0.25) is 0 Å². The van der Waals surface area contributed by atoms with E-state index in [2.05, 4.69) is 18.4 Å².